The maximum absolute atomic E-state index is 12.7. The van der Waals surface area contributed by atoms with Crippen molar-refractivity contribution in [1.29, 1.82) is 0 Å². The van der Waals surface area contributed by atoms with Gasteiger partial charge < -0.3 is 5.11 Å². The van der Waals surface area contributed by atoms with E-state index in [4.69, 9.17) is 0 Å². The summed E-state index contributed by atoms with van der Waals surface area (Å²) in [5, 5.41) is 13.8. The second-order valence-electron chi connectivity index (χ2n) is 7.71. The quantitative estimate of drug-likeness (QED) is 0.463. The van der Waals surface area contributed by atoms with Gasteiger partial charge in [0.05, 0.1) is 28.8 Å². The number of carbonyl (C=O) groups is 3. The normalized spacial score (nSPS) is 21.5. The third-order valence-electron chi connectivity index (χ3n) is 5.86. The molecule has 2 N–H and O–H groups in total. The highest BCUT2D eigenvalue weighted by molar-refractivity contribution is 6.22. The van der Waals surface area contributed by atoms with E-state index < -0.39 is 5.91 Å². The number of hydrazone groups is 1. The molecule has 0 radical (unpaired) electrons. The summed E-state index contributed by atoms with van der Waals surface area (Å²) in [6.07, 6.45) is 3.56. The molecule has 7 nitrogen and oxygen atoms in total. The van der Waals surface area contributed by atoms with E-state index in [0.717, 1.165) is 31.2 Å². The molecule has 2 aliphatic rings. The van der Waals surface area contributed by atoms with E-state index >= 15 is 0 Å². The number of benzene rings is 2. The first-order valence-electron chi connectivity index (χ1n) is 10.1. The van der Waals surface area contributed by atoms with Crippen LogP contribution in [-0.4, -0.2) is 28.5 Å². The highest BCUT2D eigenvalue weighted by Gasteiger charge is 2.48. The summed E-state index contributed by atoms with van der Waals surface area (Å²) in [6, 6.07) is 13.2. The fourth-order valence-corrected chi connectivity index (χ4v) is 4.19. The van der Waals surface area contributed by atoms with Gasteiger partial charge in [-0.15, -0.1) is 0 Å². The fourth-order valence-electron chi connectivity index (χ4n) is 4.19. The van der Waals surface area contributed by atoms with Gasteiger partial charge in [0, 0.05) is 0 Å². The molecule has 1 aliphatic carbocycles. The van der Waals surface area contributed by atoms with Gasteiger partial charge in [-0.05, 0) is 49.6 Å². The zero-order valence-electron chi connectivity index (χ0n) is 16.7. The van der Waals surface area contributed by atoms with Crippen molar-refractivity contribution in [2.24, 2.45) is 16.9 Å². The molecule has 2 fully saturated rings. The van der Waals surface area contributed by atoms with Crippen molar-refractivity contribution >= 4 is 29.1 Å². The number of rotatable bonds is 4. The Bertz CT molecular complexity index is 1000. The number of phenols is 1. The molecule has 30 heavy (non-hydrogen) atoms. The molecule has 1 heterocycles. The van der Waals surface area contributed by atoms with Gasteiger partial charge in [0.2, 0.25) is 11.8 Å². The first kappa shape index (κ1) is 19.8. The predicted octanol–water partition coefficient (Wildman–Crippen LogP) is 3.23. The topological polar surface area (TPSA) is 99.1 Å². The van der Waals surface area contributed by atoms with Gasteiger partial charge in [-0.25, -0.2) is 5.43 Å². The van der Waals surface area contributed by atoms with Crippen molar-refractivity contribution < 1.29 is 19.5 Å². The predicted molar refractivity (Wildman–Crippen MR) is 112 cm³/mol. The molecule has 1 saturated carbocycles. The van der Waals surface area contributed by atoms with E-state index in [1.165, 1.54) is 17.0 Å². The van der Waals surface area contributed by atoms with Crippen molar-refractivity contribution in [2.45, 2.75) is 32.6 Å². The van der Waals surface area contributed by atoms with Crippen LogP contribution in [0, 0.1) is 11.8 Å². The number of anilines is 1. The molecule has 1 aliphatic heterocycles. The Kier molecular flexibility index (Phi) is 5.35. The van der Waals surface area contributed by atoms with Gasteiger partial charge >= 0.3 is 0 Å². The van der Waals surface area contributed by atoms with E-state index in [0.29, 0.717) is 11.4 Å². The Morgan fingerprint density at radius 2 is 1.60 bits per heavy atom. The van der Waals surface area contributed by atoms with Crippen LogP contribution in [0.2, 0.25) is 0 Å². The smallest absolute Gasteiger partial charge is 0.275 e. The number of nitrogens with one attached hydrogen (secondary N) is 1. The molecular formula is C23H23N3O4. The summed E-state index contributed by atoms with van der Waals surface area (Å²) < 4.78 is 0. The lowest BCUT2D eigenvalue weighted by atomic mass is 9.81. The van der Waals surface area contributed by atoms with Crippen LogP contribution in [-0.2, 0) is 9.59 Å². The second kappa shape index (κ2) is 8.10. The third kappa shape index (κ3) is 3.58. The highest BCUT2D eigenvalue weighted by Crippen LogP contribution is 2.40. The largest absolute Gasteiger partial charge is 0.507 e. The van der Waals surface area contributed by atoms with Gasteiger partial charge in [0.25, 0.3) is 5.91 Å². The molecule has 3 amide bonds. The van der Waals surface area contributed by atoms with Crippen molar-refractivity contribution in [3.8, 4) is 5.75 Å². The number of aromatic hydroxyl groups is 1. The van der Waals surface area contributed by atoms with E-state index in [2.05, 4.69) is 10.5 Å². The molecular weight excluding hydrogens is 382 g/mol. The highest BCUT2D eigenvalue weighted by atomic mass is 16.3. The van der Waals surface area contributed by atoms with Gasteiger partial charge in [-0.1, -0.05) is 37.1 Å². The van der Waals surface area contributed by atoms with E-state index in [1.807, 2.05) is 0 Å². The molecule has 0 unspecified atom stereocenters. The molecule has 0 aromatic heterocycles. The molecule has 4 rings (SSSR count). The minimum absolute atomic E-state index is 0.0993. The molecule has 2 atom stereocenters. The number of amides is 3. The summed E-state index contributed by atoms with van der Waals surface area (Å²) in [6.45, 7) is 1.74. The van der Waals surface area contributed by atoms with Crippen LogP contribution in [0.4, 0.5) is 5.69 Å². The van der Waals surface area contributed by atoms with Crippen molar-refractivity contribution in [2.75, 3.05) is 4.90 Å². The fraction of sp³-hybridized carbons (Fsp3) is 0.304. The Labute approximate surface area is 174 Å². The molecule has 2 aromatic carbocycles. The van der Waals surface area contributed by atoms with Crippen LogP contribution in [0.5, 0.6) is 5.75 Å². The number of carbonyl (C=O) groups excluding carboxylic acids is 3. The maximum Gasteiger partial charge on any atom is 0.275 e. The minimum Gasteiger partial charge on any atom is -0.507 e. The number of fused-ring (bicyclic) bond motifs is 1. The van der Waals surface area contributed by atoms with Gasteiger partial charge in [0.1, 0.15) is 5.75 Å². The average Bonchev–Trinajstić information content (AvgIpc) is 3.02. The molecule has 1 saturated heterocycles. The average molecular weight is 405 g/mol. The van der Waals surface area contributed by atoms with Crippen LogP contribution in [0.1, 0.15) is 48.5 Å². The summed E-state index contributed by atoms with van der Waals surface area (Å²) in [5.41, 5.74) is 4.42. The van der Waals surface area contributed by atoms with Crippen LogP contribution in [0.15, 0.2) is 53.6 Å². The van der Waals surface area contributed by atoms with E-state index in [1.54, 1.807) is 43.3 Å². The lowest BCUT2D eigenvalue weighted by Gasteiger charge is -2.19. The van der Waals surface area contributed by atoms with Gasteiger partial charge in [0.15, 0.2) is 0 Å². The molecule has 0 bridgehead atoms. The van der Waals surface area contributed by atoms with Crippen molar-refractivity contribution in [3.05, 3.63) is 59.7 Å². The number of phenolic OH excluding ortho intramolecular Hbond substituents is 1. The number of hydrogen-bond donors (Lipinski definition) is 2. The Balaban J connectivity index is 1.47. The summed E-state index contributed by atoms with van der Waals surface area (Å²) in [7, 11) is 0. The zero-order valence-corrected chi connectivity index (χ0v) is 16.7. The maximum atomic E-state index is 12.7. The number of imide groups is 1. The number of hydrogen-bond acceptors (Lipinski definition) is 5. The Morgan fingerprint density at radius 3 is 2.20 bits per heavy atom. The standard InChI is InChI=1S/C23H23N3O4/c1-14(24-25-21(28)19-8-4-5-9-20(19)27)15-10-12-16(13-11-15)26-22(29)17-6-2-3-7-18(17)23(26)30/h4-5,8-13,17-18,27H,2-3,6-7H2,1H3,(H,25,28)/b24-14+/t17-,18+. The summed E-state index contributed by atoms with van der Waals surface area (Å²) in [4.78, 5) is 38.9. The molecule has 0 spiro atoms. The first-order chi connectivity index (χ1) is 14.5. The first-order valence-corrected chi connectivity index (χ1v) is 10.1. The van der Waals surface area contributed by atoms with Crippen molar-refractivity contribution in [1.82, 2.24) is 5.43 Å². The minimum atomic E-state index is -0.514. The van der Waals surface area contributed by atoms with Gasteiger partial charge in [-0.3, -0.25) is 19.3 Å². The second-order valence-corrected chi connectivity index (χ2v) is 7.71. The Hall–Kier alpha value is -3.48. The molecule has 2 aromatic rings. The lowest BCUT2D eigenvalue weighted by molar-refractivity contribution is -0.122. The molecule has 7 heteroatoms. The van der Waals surface area contributed by atoms with Crippen LogP contribution in [0.3, 0.4) is 0 Å². The molecule has 154 valence electrons. The summed E-state index contributed by atoms with van der Waals surface area (Å²) in [5.74, 6) is -1.19. The SMILES string of the molecule is C/C(=N\NC(=O)c1ccccc1O)c1ccc(N2C(=O)[C@H]3CCCC[C@H]3C2=O)cc1. The van der Waals surface area contributed by atoms with Crippen LogP contribution < -0.4 is 10.3 Å². The van der Waals surface area contributed by atoms with E-state index in [-0.39, 0.29) is 35.0 Å². The lowest BCUT2D eigenvalue weighted by Crippen LogP contribution is -2.30. The van der Waals surface area contributed by atoms with Crippen molar-refractivity contribution in [3.63, 3.8) is 0 Å². The van der Waals surface area contributed by atoms with Gasteiger partial charge in [-0.2, -0.15) is 5.10 Å². The number of nitrogens with zero attached hydrogens (tertiary/aromatic N) is 2. The zero-order chi connectivity index (χ0) is 21.3. The monoisotopic (exact) mass is 405 g/mol. The third-order valence-corrected chi connectivity index (χ3v) is 5.86. The summed E-state index contributed by atoms with van der Waals surface area (Å²) >= 11 is 0. The van der Waals surface area contributed by atoms with Crippen LogP contribution >= 0.6 is 0 Å². The Morgan fingerprint density at radius 1 is 1.00 bits per heavy atom. The van der Waals surface area contributed by atoms with E-state index in [9.17, 15) is 19.5 Å². The van der Waals surface area contributed by atoms with Crippen LogP contribution in [0.25, 0.3) is 0 Å². The number of para-hydroxylation sites is 1.